The van der Waals surface area contributed by atoms with Crippen LogP contribution in [-0.2, 0) is 4.79 Å². The SMILES string of the molecule is O=C(O)C1CC2CC3CC(C2)CC1(O)C3. The first kappa shape index (κ1) is 9.64. The Bertz CT molecular complexity index is 285. The van der Waals surface area contributed by atoms with Gasteiger partial charge in [0.1, 0.15) is 0 Å². The number of aliphatic carboxylic acids is 1. The fourth-order valence-corrected chi connectivity index (χ4v) is 4.48. The van der Waals surface area contributed by atoms with Crippen LogP contribution in [0.3, 0.4) is 0 Å². The van der Waals surface area contributed by atoms with Crippen LogP contribution in [0.15, 0.2) is 0 Å². The van der Waals surface area contributed by atoms with Crippen LogP contribution < -0.4 is 0 Å². The number of carbonyl (C=O) groups is 1. The maximum absolute atomic E-state index is 11.2. The molecule has 0 aromatic rings. The summed E-state index contributed by atoms with van der Waals surface area (Å²) in [6.07, 6.45) is 5.71. The van der Waals surface area contributed by atoms with Gasteiger partial charge in [-0.3, -0.25) is 4.79 Å². The summed E-state index contributed by atoms with van der Waals surface area (Å²) in [5.41, 5.74) is -0.884. The van der Waals surface area contributed by atoms with Gasteiger partial charge in [0, 0.05) is 0 Å². The zero-order chi connectivity index (χ0) is 10.6. The molecule has 0 aromatic heterocycles. The van der Waals surface area contributed by atoms with Crippen molar-refractivity contribution in [2.45, 2.75) is 44.1 Å². The van der Waals surface area contributed by atoms with E-state index >= 15 is 0 Å². The van der Waals surface area contributed by atoms with Crippen LogP contribution in [0, 0.1) is 23.7 Å². The summed E-state index contributed by atoms with van der Waals surface area (Å²) in [7, 11) is 0. The monoisotopic (exact) mass is 210 g/mol. The van der Waals surface area contributed by atoms with Gasteiger partial charge in [0.2, 0.25) is 0 Å². The average Bonchev–Trinajstić information content (AvgIpc) is 2.25. The molecule has 2 N–H and O–H groups in total. The van der Waals surface area contributed by atoms with E-state index in [-0.39, 0.29) is 0 Å². The molecule has 0 saturated heterocycles. The Morgan fingerprint density at radius 1 is 1.00 bits per heavy atom. The molecule has 4 saturated carbocycles. The third-order valence-electron chi connectivity index (χ3n) is 4.80. The van der Waals surface area contributed by atoms with Gasteiger partial charge in [-0.05, 0) is 56.3 Å². The number of carboxylic acid groups (broad SMARTS) is 1. The molecule has 15 heavy (non-hydrogen) atoms. The molecular weight excluding hydrogens is 192 g/mol. The van der Waals surface area contributed by atoms with Crippen molar-refractivity contribution >= 4 is 5.97 Å². The van der Waals surface area contributed by atoms with E-state index in [1.165, 1.54) is 6.42 Å². The Hall–Kier alpha value is -0.570. The molecule has 3 atom stereocenters. The smallest absolute Gasteiger partial charge is 0.309 e. The molecular formula is C12H18O3. The van der Waals surface area contributed by atoms with Crippen molar-refractivity contribution in [3.63, 3.8) is 0 Å². The highest BCUT2D eigenvalue weighted by Crippen LogP contribution is 2.55. The van der Waals surface area contributed by atoms with Crippen molar-refractivity contribution in [1.29, 1.82) is 0 Å². The maximum Gasteiger partial charge on any atom is 0.309 e. The molecule has 4 aliphatic carbocycles. The predicted octanol–water partition coefficient (Wildman–Crippen LogP) is 1.65. The third-order valence-corrected chi connectivity index (χ3v) is 4.80. The Morgan fingerprint density at radius 3 is 2.07 bits per heavy atom. The quantitative estimate of drug-likeness (QED) is 0.692. The van der Waals surface area contributed by atoms with Crippen LogP contribution in [-0.4, -0.2) is 21.8 Å². The number of hydrogen-bond donors (Lipinski definition) is 2. The van der Waals surface area contributed by atoms with E-state index in [2.05, 4.69) is 0 Å². The van der Waals surface area contributed by atoms with Gasteiger partial charge in [-0.1, -0.05) is 0 Å². The van der Waals surface area contributed by atoms with Crippen molar-refractivity contribution in [3.05, 3.63) is 0 Å². The topological polar surface area (TPSA) is 57.5 Å². The van der Waals surface area contributed by atoms with E-state index in [0.717, 1.165) is 25.7 Å². The van der Waals surface area contributed by atoms with Gasteiger partial charge in [-0.15, -0.1) is 0 Å². The molecule has 4 rings (SSSR count). The molecule has 0 aromatic carbocycles. The van der Waals surface area contributed by atoms with Crippen molar-refractivity contribution in [2.75, 3.05) is 0 Å². The van der Waals surface area contributed by atoms with Gasteiger partial charge in [0.15, 0.2) is 0 Å². The van der Waals surface area contributed by atoms with Crippen LogP contribution in [0.5, 0.6) is 0 Å². The first-order valence-electron chi connectivity index (χ1n) is 6.02. The van der Waals surface area contributed by atoms with Gasteiger partial charge in [-0.2, -0.15) is 0 Å². The molecule has 3 heteroatoms. The average molecular weight is 210 g/mol. The summed E-state index contributed by atoms with van der Waals surface area (Å²) < 4.78 is 0. The van der Waals surface area contributed by atoms with Crippen molar-refractivity contribution < 1.29 is 15.0 Å². The molecule has 84 valence electrons. The first-order valence-corrected chi connectivity index (χ1v) is 6.02. The standard InChI is InChI=1S/C12H18O3/c13-11(14)10-4-7-1-8-3-9(2-7)6-12(10,15)5-8/h7-10,15H,1-6H2,(H,13,14). The Morgan fingerprint density at radius 2 is 1.53 bits per heavy atom. The zero-order valence-electron chi connectivity index (χ0n) is 8.85. The van der Waals surface area contributed by atoms with Gasteiger partial charge in [0.05, 0.1) is 11.5 Å². The minimum atomic E-state index is -0.884. The molecule has 0 amide bonds. The van der Waals surface area contributed by atoms with Crippen molar-refractivity contribution in [3.8, 4) is 0 Å². The van der Waals surface area contributed by atoms with Crippen LogP contribution in [0.25, 0.3) is 0 Å². The number of fused-ring (bicyclic) bond motifs is 1. The summed E-state index contributed by atoms with van der Waals surface area (Å²) in [6.45, 7) is 0. The number of rotatable bonds is 1. The maximum atomic E-state index is 11.2. The fourth-order valence-electron chi connectivity index (χ4n) is 4.48. The Balaban J connectivity index is 1.98. The van der Waals surface area contributed by atoms with E-state index < -0.39 is 17.5 Å². The van der Waals surface area contributed by atoms with E-state index in [1.807, 2.05) is 0 Å². The fraction of sp³-hybridized carbons (Fsp3) is 0.917. The predicted molar refractivity (Wildman–Crippen MR) is 54.2 cm³/mol. The highest BCUT2D eigenvalue weighted by atomic mass is 16.4. The second kappa shape index (κ2) is 2.97. The van der Waals surface area contributed by atoms with Gasteiger partial charge >= 0.3 is 5.97 Å². The summed E-state index contributed by atoms with van der Waals surface area (Å²) in [5.74, 6) is 0.462. The lowest BCUT2D eigenvalue weighted by molar-refractivity contribution is -0.156. The summed E-state index contributed by atoms with van der Waals surface area (Å²) in [6, 6.07) is 0. The van der Waals surface area contributed by atoms with Crippen molar-refractivity contribution in [2.24, 2.45) is 23.7 Å². The van der Waals surface area contributed by atoms with Crippen LogP contribution in [0.2, 0.25) is 0 Å². The number of aliphatic hydroxyl groups is 1. The molecule has 3 unspecified atom stereocenters. The molecule has 0 heterocycles. The van der Waals surface area contributed by atoms with E-state index in [1.54, 1.807) is 0 Å². The van der Waals surface area contributed by atoms with Crippen molar-refractivity contribution in [1.82, 2.24) is 0 Å². The first-order chi connectivity index (χ1) is 7.07. The van der Waals surface area contributed by atoms with E-state index in [9.17, 15) is 15.0 Å². The lowest BCUT2D eigenvalue weighted by Crippen LogP contribution is -2.46. The Kier molecular flexibility index (Phi) is 1.91. The van der Waals surface area contributed by atoms with Crippen LogP contribution in [0.4, 0.5) is 0 Å². The summed E-state index contributed by atoms with van der Waals surface area (Å²) >= 11 is 0. The van der Waals surface area contributed by atoms with Crippen LogP contribution >= 0.6 is 0 Å². The van der Waals surface area contributed by atoms with E-state index in [0.29, 0.717) is 24.2 Å². The second-order valence-electron chi connectivity index (χ2n) is 5.94. The molecule has 4 aliphatic rings. The number of carboxylic acids is 1. The highest BCUT2D eigenvalue weighted by molar-refractivity contribution is 5.71. The lowest BCUT2D eigenvalue weighted by Gasteiger charge is -2.43. The zero-order valence-corrected chi connectivity index (χ0v) is 8.85. The lowest BCUT2D eigenvalue weighted by atomic mass is 9.65. The minimum Gasteiger partial charge on any atom is -0.481 e. The summed E-state index contributed by atoms with van der Waals surface area (Å²) in [5, 5.41) is 19.7. The molecule has 0 aliphatic heterocycles. The summed E-state index contributed by atoms with van der Waals surface area (Å²) in [4.78, 5) is 11.2. The largest absolute Gasteiger partial charge is 0.481 e. The van der Waals surface area contributed by atoms with Gasteiger partial charge < -0.3 is 10.2 Å². The molecule has 4 bridgehead atoms. The normalized spacial score (nSPS) is 52.9. The van der Waals surface area contributed by atoms with E-state index in [4.69, 9.17) is 0 Å². The minimum absolute atomic E-state index is 0.502. The number of hydrogen-bond acceptors (Lipinski definition) is 2. The van der Waals surface area contributed by atoms with Gasteiger partial charge in [0.25, 0.3) is 0 Å². The highest BCUT2D eigenvalue weighted by Gasteiger charge is 2.54. The second-order valence-corrected chi connectivity index (χ2v) is 5.94. The molecule has 3 nitrogen and oxygen atoms in total. The van der Waals surface area contributed by atoms with Gasteiger partial charge in [-0.25, -0.2) is 0 Å². The Labute approximate surface area is 89.5 Å². The molecule has 0 radical (unpaired) electrons. The third kappa shape index (κ3) is 1.40. The molecule has 0 spiro atoms. The molecule has 4 fully saturated rings. The van der Waals surface area contributed by atoms with Crippen LogP contribution in [0.1, 0.15) is 38.5 Å².